The van der Waals surface area contributed by atoms with Gasteiger partial charge in [0, 0.05) is 11.4 Å². The van der Waals surface area contributed by atoms with Gasteiger partial charge in [-0.25, -0.2) is 0 Å². The van der Waals surface area contributed by atoms with E-state index in [1.165, 1.54) is 5.56 Å². The van der Waals surface area contributed by atoms with E-state index in [9.17, 15) is 5.11 Å². The van der Waals surface area contributed by atoms with E-state index in [0.717, 1.165) is 23.2 Å². The Morgan fingerprint density at radius 3 is 2.52 bits per heavy atom. The summed E-state index contributed by atoms with van der Waals surface area (Å²) in [6.07, 6.45) is 0.803. The molecule has 3 nitrogen and oxygen atoms in total. The number of rotatable bonds is 6. The average molecular weight is 281 g/mol. The zero-order valence-electron chi connectivity index (χ0n) is 11.8. The third-order valence-corrected chi connectivity index (χ3v) is 3.59. The van der Waals surface area contributed by atoms with E-state index in [2.05, 4.69) is 17.4 Å². The van der Waals surface area contributed by atoms with Crippen LogP contribution in [0.5, 0.6) is 0 Å². The molecule has 0 saturated heterocycles. The fourth-order valence-electron chi connectivity index (χ4n) is 2.47. The second kappa shape index (κ2) is 6.57. The molecule has 0 radical (unpaired) electrons. The molecule has 3 rings (SSSR count). The van der Waals surface area contributed by atoms with Gasteiger partial charge in [-0.1, -0.05) is 48.5 Å². The molecule has 0 spiro atoms. The van der Waals surface area contributed by atoms with Gasteiger partial charge in [0.15, 0.2) is 0 Å². The molecule has 0 amide bonds. The highest BCUT2D eigenvalue weighted by atomic mass is 16.3. The van der Waals surface area contributed by atoms with Crippen LogP contribution in [0.4, 0.5) is 0 Å². The summed E-state index contributed by atoms with van der Waals surface area (Å²) >= 11 is 0. The van der Waals surface area contributed by atoms with E-state index in [0.29, 0.717) is 6.54 Å². The Balaban J connectivity index is 1.62. The topological polar surface area (TPSA) is 45.4 Å². The lowest BCUT2D eigenvalue weighted by molar-refractivity contribution is 0.238. The number of hydrogen-bond acceptors (Lipinski definition) is 3. The van der Waals surface area contributed by atoms with E-state index >= 15 is 0 Å². The van der Waals surface area contributed by atoms with E-state index in [1.54, 1.807) is 0 Å². The van der Waals surface area contributed by atoms with Crippen LogP contribution < -0.4 is 5.32 Å². The summed E-state index contributed by atoms with van der Waals surface area (Å²) in [4.78, 5) is 0. The number of aliphatic hydroxyl groups is 1. The maximum atomic E-state index is 9.51. The number of aliphatic hydroxyl groups excluding tert-OH is 1. The molecule has 0 aliphatic carbocycles. The largest absolute Gasteiger partial charge is 0.460 e. The molecule has 1 atom stereocenters. The van der Waals surface area contributed by atoms with Crippen molar-refractivity contribution in [2.75, 3.05) is 6.61 Å². The van der Waals surface area contributed by atoms with Gasteiger partial charge >= 0.3 is 0 Å². The number of hydrogen-bond donors (Lipinski definition) is 2. The van der Waals surface area contributed by atoms with Crippen molar-refractivity contribution < 1.29 is 9.52 Å². The lowest BCUT2D eigenvalue weighted by atomic mass is 10.1. The van der Waals surface area contributed by atoms with Gasteiger partial charge in [0.1, 0.15) is 11.3 Å². The molecular weight excluding hydrogens is 262 g/mol. The number of benzene rings is 2. The zero-order chi connectivity index (χ0) is 14.5. The number of nitrogens with one attached hydrogen (secondary N) is 1. The predicted octanol–water partition coefficient (Wildman–Crippen LogP) is 3.13. The Bertz CT molecular complexity index is 658. The van der Waals surface area contributed by atoms with Gasteiger partial charge in [0.2, 0.25) is 0 Å². The third kappa shape index (κ3) is 3.51. The fourth-order valence-corrected chi connectivity index (χ4v) is 2.47. The minimum atomic E-state index is 0.0283. The highest BCUT2D eigenvalue weighted by Crippen LogP contribution is 2.18. The summed E-state index contributed by atoms with van der Waals surface area (Å²) < 4.78 is 5.77. The maximum Gasteiger partial charge on any atom is 0.134 e. The SMILES string of the molecule is OC[C@@H](Cc1ccccc1)NCc1cc2ccccc2o1. The van der Waals surface area contributed by atoms with Crippen molar-refractivity contribution in [1.29, 1.82) is 0 Å². The minimum Gasteiger partial charge on any atom is -0.460 e. The molecule has 0 aliphatic heterocycles. The Kier molecular flexibility index (Phi) is 4.34. The highest BCUT2D eigenvalue weighted by Gasteiger charge is 2.09. The van der Waals surface area contributed by atoms with E-state index < -0.39 is 0 Å². The summed E-state index contributed by atoms with van der Waals surface area (Å²) in [7, 11) is 0. The second-order valence-electron chi connectivity index (χ2n) is 5.20. The van der Waals surface area contributed by atoms with Gasteiger partial charge in [0.25, 0.3) is 0 Å². The Morgan fingerprint density at radius 1 is 1.00 bits per heavy atom. The summed E-state index contributed by atoms with van der Waals surface area (Å²) in [5, 5.41) is 14.0. The molecule has 108 valence electrons. The van der Waals surface area contributed by atoms with Crippen molar-refractivity contribution in [2.24, 2.45) is 0 Å². The molecule has 0 aliphatic rings. The fraction of sp³-hybridized carbons (Fsp3) is 0.222. The molecule has 0 bridgehead atoms. The summed E-state index contributed by atoms with van der Waals surface area (Å²) in [6, 6.07) is 20.2. The molecule has 21 heavy (non-hydrogen) atoms. The van der Waals surface area contributed by atoms with Crippen LogP contribution in [0.2, 0.25) is 0 Å². The molecule has 3 heteroatoms. The van der Waals surface area contributed by atoms with Gasteiger partial charge in [0.05, 0.1) is 13.2 Å². The third-order valence-electron chi connectivity index (χ3n) is 3.59. The molecule has 0 fully saturated rings. The van der Waals surface area contributed by atoms with Crippen LogP contribution in [0.3, 0.4) is 0 Å². The van der Waals surface area contributed by atoms with Crippen molar-refractivity contribution in [3.8, 4) is 0 Å². The second-order valence-corrected chi connectivity index (χ2v) is 5.20. The van der Waals surface area contributed by atoms with Crippen LogP contribution in [-0.2, 0) is 13.0 Å². The first-order chi connectivity index (χ1) is 10.3. The summed E-state index contributed by atoms with van der Waals surface area (Å²) in [5.74, 6) is 0.891. The van der Waals surface area contributed by atoms with Crippen LogP contribution in [0.1, 0.15) is 11.3 Å². The van der Waals surface area contributed by atoms with Crippen molar-refractivity contribution in [1.82, 2.24) is 5.32 Å². The van der Waals surface area contributed by atoms with Crippen LogP contribution in [0.25, 0.3) is 11.0 Å². The van der Waals surface area contributed by atoms with Crippen LogP contribution in [-0.4, -0.2) is 17.8 Å². The Hall–Kier alpha value is -2.10. The van der Waals surface area contributed by atoms with Crippen molar-refractivity contribution in [3.63, 3.8) is 0 Å². The van der Waals surface area contributed by atoms with Crippen molar-refractivity contribution in [3.05, 3.63) is 72.0 Å². The van der Waals surface area contributed by atoms with Gasteiger partial charge in [-0.3, -0.25) is 0 Å². The monoisotopic (exact) mass is 281 g/mol. The minimum absolute atomic E-state index is 0.0283. The molecule has 2 N–H and O–H groups in total. The molecule has 0 saturated carbocycles. The molecule has 1 aromatic heterocycles. The van der Waals surface area contributed by atoms with E-state index in [1.807, 2.05) is 48.5 Å². The Labute approximate surface area is 124 Å². The number of fused-ring (bicyclic) bond motifs is 1. The first-order valence-corrected chi connectivity index (χ1v) is 7.21. The normalized spacial score (nSPS) is 12.6. The van der Waals surface area contributed by atoms with Crippen molar-refractivity contribution in [2.45, 2.75) is 19.0 Å². The molecule has 0 unspecified atom stereocenters. The number of furan rings is 1. The van der Waals surface area contributed by atoms with Crippen LogP contribution in [0, 0.1) is 0 Å². The Morgan fingerprint density at radius 2 is 1.76 bits per heavy atom. The standard InChI is InChI=1S/C18H19NO2/c20-13-16(10-14-6-2-1-3-7-14)19-12-17-11-15-8-4-5-9-18(15)21-17/h1-9,11,16,19-20H,10,12-13H2/t16-/m1/s1. The van der Waals surface area contributed by atoms with E-state index in [4.69, 9.17) is 4.42 Å². The number of para-hydroxylation sites is 1. The van der Waals surface area contributed by atoms with Gasteiger partial charge < -0.3 is 14.8 Å². The summed E-state index contributed by atoms with van der Waals surface area (Å²) in [6.45, 7) is 0.724. The highest BCUT2D eigenvalue weighted by molar-refractivity contribution is 5.77. The molecule has 3 aromatic rings. The van der Waals surface area contributed by atoms with Gasteiger partial charge in [-0.2, -0.15) is 0 Å². The first kappa shape index (κ1) is 13.9. The quantitative estimate of drug-likeness (QED) is 0.729. The molecular formula is C18H19NO2. The van der Waals surface area contributed by atoms with E-state index in [-0.39, 0.29) is 12.6 Å². The summed E-state index contributed by atoms with van der Waals surface area (Å²) in [5.41, 5.74) is 2.12. The molecule has 1 heterocycles. The van der Waals surface area contributed by atoms with Crippen LogP contribution >= 0.6 is 0 Å². The van der Waals surface area contributed by atoms with Crippen molar-refractivity contribution >= 4 is 11.0 Å². The van der Waals surface area contributed by atoms with Crippen LogP contribution in [0.15, 0.2) is 65.1 Å². The smallest absolute Gasteiger partial charge is 0.134 e. The predicted molar refractivity (Wildman–Crippen MR) is 84.1 cm³/mol. The lowest BCUT2D eigenvalue weighted by Gasteiger charge is -2.15. The lowest BCUT2D eigenvalue weighted by Crippen LogP contribution is -2.33. The first-order valence-electron chi connectivity index (χ1n) is 7.21. The van der Waals surface area contributed by atoms with Gasteiger partial charge in [-0.05, 0) is 24.1 Å². The van der Waals surface area contributed by atoms with Gasteiger partial charge in [-0.15, -0.1) is 0 Å². The average Bonchev–Trinajstić information content (AvgIpc) is 2.95. The zero-order valence-corrected chi connectivity index (χ0v) is 11.8. The maximum absolute atomic E-state index is 9.51. The molecule has 2 aromatic carbocycles.